The van der Waals surface area contributed by atoms with Crippen LogP contribution in [0.5, 0.6) is 0 Å². The fourth-order valence-electron chi connectivity index (χ4n) is 1.67. The quantitative estimate of drug-likeness (QED) is 0.439. The van der Waals surface area contributed by atoms with Gasteiger partial charge in [-0.25, -0.2) is 0 Å². The van der Waals surface area contributed by atoms with E-state index in [9.17, 15) is 10.1 Å². The molecule has 4 heteroatoms. The summed E-state index contributed by atoms with van der Waals surface area (Å²) in [6.45, 7) is 1.77. The van der Waals surface area contributed by atoms with Gasteiger partial charge in [0, 0.05) is 17.1 Å². The van der Waals surface area contributed by atoms with Gasteiger partial charge in [-0.05, 0) is 18.6 Å². The van der Waals surface area contributed by atoms with E-state index in [0.717, 1.165) is 10.9 Å². The van der Waals surface area contributed by atoms with Gasteiger partial charge in [0.15, 0.2) is 0 Å². The van der Waals surface area contributed by atoms with Gasteiger partial charge in [-0.3, -0.25) is 10.1 Å². The molecule has 0 unspecified atom stereocenters. The number of nitrogen functional groups attached to an aromatic ring is 1. The highest BCUT2D eigenvalue weighted by molar-refractivity contribution is 6.00. The van der Waals surface area contributed by atoms with Crippen molar-refractivity contribution in [1.82, 2.24) is 0 Å². The van der Waals surface area contributed by atoms with Gasteiger partial charge < -0.3 is 5.73 Å². The maximum Gasteiger partial charge on any atom is 0.277 e. The Morgan fingerprint density at radius 3 is 2.47 bits per heavy atom. The van der Waals surface area contributed by atoms with Crippen molar-refractivity contribution in [2.75, 3.05) is 5.73 Å². The van der Waals surface area contributed by atoms with Crippen molar-refractivity contribution < 1.29 is 4.92 Å². The molecule has 2 aromatic rings. The second-order valence-corrected chi connectivity index (χ2v) is 3.43. The number of aryl methyl sites for hydroxylation is 1. The molecule has 0 aromatic heterocycles. The van der Waals surface area contributed by atoms with Gasteiger partial charge in [0.25, 0.3) is 5.69 Å². The number of rotatable bonds is 1. The molecule has 0 aliphatic heterocycles. The van der Waals surface area contributed by atoms with Crippen LogP contribution in [0.2, 0.25) is 0 Å². The minimum absolute atomic E-state index is 0.109. The van der Waals surface area contributed by atoms with E-state index in [1.165, 1.54) is 6.07 Å². The molecule has 2 rings (SSSR count). The van der Waals surface area contributed by atoms with Gasteiger partial charge in [-0.2, -0.15) is 0 Å². The number of nitrogens with zero attached hydrogens (tertiary/aromatic N) is 1. The number of hydrogen-bond acceptors (Lipinski definition) is 3. The molecule has 2 N–H and O–H groups in total. The molecule has 0 bridgehead atoms. The summed E-state index contributed by atoms with van der Waals surface area (Å²) in [5.41, 5.74) is 7.32. The van der Waals surface area contributed by atoms with Gasteiger partial charge in [0.1, 0.15) is 0 Å². The second kappa shape index (κ2) is 3.24. The third kappa shape index (κ3) is 1.40. The number of benzene rings is 2. The lowest BCUT2D eigenvalue weighted by Gasteiger charge is -2.05. The number of fused-ring (bicyclic) bond motifs is 1. The third-order valence-electron chi connectivity index (χ3n) is 2.47. The van der Waals surface area contributed by atoms with E-state index in [4.69, 9.17) is 5.73 Å². The van der Waals surface area contributed by atoms with E-state index in [1.807, 2.05) is 6.07 Å². The number of nitro groups is 1. The van der Waals surface area contributed by atoms with Crippen molar-refractivity contribution in [3.05, 3.63) is 46.0 Å². The summed E-state index contributed by atoms with van der Waals surface area (Å²) >= 11 is 0. The van der Waals surface area contributed by atoms with Crippen LogP contribution < -0.4 is 5.73 Å². The average Bonchev–Trinajstić information content (AvgIpc) is 2.23. The molecule has 76 valence electrons. The Morgan fingerprint density at radius 1 is 1.27 bits per heavy atom. The summed E-state index contributed by atoms with van der Waals surface area (Å²) in [4.78, 5) is 10.5. The van der Waals surface area contributed by atoms with Crippen molar-refractivity contribution in [3.63, 3.8) is 0 Å². The molecule has 0 amide bonds. The van der Waals surface area contributed by atoms with Gasteiger partial charge in [-0.15, -0.1) is 0 Å². The average molecular weight is 202 g/mol. The summed E-state index contributed by atoms with van der Waals surface area (Å²) in [7, 11) is 0. The molecule has 0 heterocycles. The van der Waals surface area contributed by atoms with Crippen molar-refractivity contribution >= 4 is 22.1 Å². The first-order valence-electron chi connectivity index (χ1n) is 4.53. The van der Waals surface area contributed by atoms with Crippen molar-refractivity contribution in [2.45, 2.75) is 6.92 Å². The fourth-order valence-corrected chi connectivity index (χ4v) is 1.67. The summed E-state index contributed by atoms with van der Waals surface area (Å²) in [5, 5.41) is 12.2. The lowest BCUT2D eigenvalue weighted by atomic mass is 10.0. The molecule has 0 aliphatic carbocycles. The van der Waals surface area contributed by atoms with Crippen molar-refractivity contribution in [3.8, 4) is 0 Å². The van der Waals surface area contributed by atoms with Crippen LogP contribution in [-0.2, 0) is 0 Å². The summed E-state index contributed by atoms with van der Waals surface area (Å²) in [6, 6.07) is 8.61. The maximum absolute atomic E-state index is 10.8. The second-order valence-electron chi connectivity index (χ2n) is 3.43. The molecular formula is C11H10N2O2. The van der Waals surface area contributed by atoms with Crippen molar-refractivity contribution in [1.29, 1.82) is 0 Å². The van der Waals surface area contributed by atoms with Crippen LogP contribution in [0.1, 0.15) is 5.56 Å². The zero-order chi connectivity index (χ0) is 11.0. The van der Waals surface area contributed by atoms with Crippen molar-refractivity contribution in [2.24, 2.45) is 0 Å². The number of nitrogens with two attached hydrogens (primary N) is 1. The van der Waals surface area contributed by atoms with E-state index in [-0.39, 0.29) is 10.6 Å². The molecule has 0 atom stereocenters. The third-order valence-corrected chi connectivity index (χ3v) is 2.47. The topological polar surface area (TPSA) is 69.2 Å². The molecule has 15 heavy (non-hydrogen) atoms. The highest BCUT2D eigenvalue weighted by Gasteiger charge is 2.14. The smallest absolute Gasteiger partial charge is 0.277 e. The van der Waals surface area contributed by atoms with E-state index < -0.39 is 0 Å². The fraction of sp³-hybridized carbons (Fsp3) is 0.0909. The standard InChI is InChI=1S/C11H10N2O2/c1-7-6-10(13(14)15)8-4-2-3-5-9(8)11(7)12/h2-6H,12H2,1H3. The highest BCUT2D eigenvalue weighted by Crippen LogP contribution is 2.32. The van der Waals surface area contributed by atoms with E-state index in [1.54, 1.807) is 25.1 Å². The number of non-ortho nitro benzene ring substituents is 1. The molecule has 0 spiro atoms. The Kier molecular flexibility index (Phi) is 2.04. The maximum atomic E-state index is 10.8. The van der Waals surface area contributed by atoms with Crippen LogP contribution in [0, 0.1) is 17.0 Å². The summed E-state index contributed by atoms with van der Waals surface area (Å²) < 4.78 is 0. The van der Waals surface area contributed by atoms with E-state index in [0.29, 0.717) is 11.1 Å². The van der Waals surface area contributed by atoms with Crippen LogP contribution in [0.3, 0.4) is 0 Å². The summed E-state index contributed by atoms with van der Waals surface area (Å²) in [6.07, 6.45) is 0. The Labute approximate surface area is 86.5 Å². The Hall–Kier alpha value is -2.10. The largest absolute Gasteiger partial charge is 0.398 e. The number of nitro benzene ring substituents is 1. The first-order chi connectivity index (χ1) is 7.11. The minimum atomic E-state index is -0.380. The molecular weight excluding hydrogens is 192 g/mol. The van der Waals surface area contributed by atoms with Gasteiger partial charge in [0.05, 0.1) is 10.3 Å². The normalized spacial score (nSPS) is 10.5. The molecule has 4 nitrogen and oxygen atoms in total. The van der Waals surface area contributed by atoms with E-state index in [2.05, 4.69) is 0 Å². The monoisotopic (exact) mass is 202 g/mol. The van der Waals surface area contributed by atoms with E-state index >= 15 is 0 Å². The lowest BCUT2D eigenvalue weighted by molar-refractivity contribution is -0.383. The molecule has 2 aromatic carbocycles. The first-order valence-corrected chi connectivity index (χ1v) is 4.53. The Balaban J connectivity index is 2.94. The molecule has 0 saturated carbocycles. The van der Waals surface area contributed by atoms with Crippen LogP contribution >= 0.6 is 0 Å². The Bertz CT molecular complexity index is 550. The van der Waals surface area contributed by atoms with Crippen LogP contribution in [0.25, 0.3) is 10.8 Å². The van der Waals surface area contributed by atoms with Crippen LogP contribution in [0.4, 0.5) is 11.4 Å². The van der Waals surface area contributed by atoms with Crippen LogP contribution in [0.15, 0.2) is 30.3 Å². The van der Waals surface area contributed by atoms with Gasteiger partial charge >= 0.3 is 0 Å². The molecule has 0 aliphatic rings. The highest BCUT2D eigenvalue weighted by atomic mass is 16.6. The van der Waals surface area contributed by atoms with Gasteiger partial charge in [-0.1, -0.05) is 18.2 Å². The predicted octanol–water partition coefficient (Wildman–Crippen LogP) is 2.64. The number of anilines is 1. The molecule has 0 saturated heterocycles. The minimum Gasteiger partial charge on any atom is -0.398 e. The van der Waals surface area contributed by atoms with Gasteiger partial charge in [0.2, 0.25) is 0 Å². The molecule has 0 fully saturated rings. The zero-order valence-corrected chi connectivity index (χ0v) is 8.23. The SMILES string of the molecule is Cc1cc([N+](=O)[O-])c2ccccc2c1N. The number of hydrogen-bond donors (Lipinski definition) is 1. The Morgan fingerprint density at radius 2 is 1.87 bits per heavy atom. The zero-order valence-electron chi connectivity index (χ0n) is 8.23. The predicted molar refractivity (Wildman–Crippen MR) is 59.8 cm³/mol. The lowest BCUT2D eigenvalue weighted by Crippen LogP contribution is -1.96. The first kappa shape index (κ1) is 9.45. The molecule has 0 radical (unpaired) electrons. The van der Waals surface area contributed by atoms with Crippen LogP contribution in [-0.4, -0.2) is 4.92 Å². The summed E-state index contributed by atoms with van der Waals surface area (Å²) in [5.74, 6) is 0.